The molecule has 0 bridgehead atoms. The number of rotatable bonds is 7. The van der Waals surface area contributed by atoms with E-state index in [4.69, 9.17) is 5.73 Å². The lowest BCUT2D eigenvalue weighted by atomic mass is 9.81. The molecule has 0 saturated heterocycles. The Kier molecular flexibility index (Phi) is 7.17. The minimum Gasteiger partial charge on any atom is -0.618 e. The summed E-state index contributed by atoms with van der Waals surface area (Å²) in [5.41, 5.74) is 9.33. The van der Waals surface area contributed by atoms with E-state index >= 15 is 0 Å². The summed E-state index contributed by atoms with van der Waals surface area (Å²) in [5, 5.41) is 15.8. The minimum absolute atomic E-state index is 0.0258. The van der Waals surface area contributed by atoms with Gasteiger partial charge in [-0.2, -0.15) is 4.73 Å². The molecular weight excluding hydrogens is 398 g/mol. The maximum Gasteiger partial charge on any atom is 0.224 e. The molecular formula is C27H31N3O2. The topological polar surface area (TPSA) is 82.1 Å². The lowest BCUT2D eigenvalue weighted by Crippen LogP contribution is -2.38. The molecule has 1 aliphatic carbocycles. The number of pyridine rings is 1. The Morgan fingerprint density at radius 1 is 1.00 bits per heavy atom. The molecule has 3 N–H and O–H groups in total. The predicted molar refractivity (Wildman–Crippen MR) is 126 cm³/mol. The second-order valence-electron chi connectivity index (χ2n) is 8.74. The number of nitrogens with two attached hydrogens (primary N) is 1. The normalized spacial score (nSPS) is 19.3. The zero-order valence-electron chi connectivity index (χ0n) is 18.3. The van der Waals surface area contributed by atoms with Crippen molar-refractivity contribution in [2.24, 2.45) is 17.6 Å². The van der Waals surface area contributed by atoms with Crippen LogP contribution in [0.5, 0.6) is 0 Å². The third-order valence-electron chi connectivity index (χ3n) is 6.57. The van der Waals surface area contributed by atoms with Crippen LogP contribution in [0.4, 0.5) is 0 Å². The van der Waals surface area contributed by atoms with Crippen LogP contribution in [0.1, 0.15) is 42.9 Å². The van der Waals surface area contributed by atoms with Crippen molar-refractivity contribution in [1.29, 1.82) is 0 Å². The Morgan fingerprint density at radius 2 is 1.66 bits per heavy atom. The van der Waals surface area contributed by atoms with Crippen LogP contribution >= 0.6 is 0 Å². The van der Waals surface area contributed by atoms with Crippen molar-refractivity contribution < 1.29 is 9.52 Å². The van der Waals surface area contributed by atoms with Gasteiger partial charge >= 0.3 is 0 Å². The molecule has 2 aromatic carbocycles. The molecule has 0 spiro atoms. The molecule has 3 aromatic rings. The fourth-order valence-electron chi connectivity index (χ4n) is 4.59. The van der Waals surface area contributed by atoms with Crippen LogP contribution in [-0.4, -0.2) is 12.5 Å². The first kappa shape index (κ1) is 22.0. The maximum absolute atomic E-state index is 13.2. The lowest BCUT2D eigenvalue weighted by molar-refractivity contribution is -0.593. The van der Waals surface area contributed by atoms with Crippen LogP contribution in [-0.2, 0) is 11.2 Å². The van der Waals surface area contributed by atoms with E-state index in [0.29, 0.717) is 24.6 Å². The summed E-state index contributed by atoms with van der Waals surface area (Å²) < 4.78 is 0.883. The molecule has 1 amide bonds. The highest BCUT2D eigenvalue weighted by Crippen LogP contribution is 2.30. The first-order valence-corrected chi connectivity index (χ1v) is 11.5. The molecule has 1 aliphatic rings. The van der Waals surface area contributed by atoms with Crippen molar-refractivity contribution in [2.75, 3.05) is 6.54 Å². The molecule has 1 fully saturated rings. The van der Waals surface area contributed by atoms with Gasteiger partial charge in [0.05, 0.1) is 6.04 Å². The molecule has 4 rings (SSSR count). The summed E-state index contributed by atoms with van der Waals surface area (Å²) in [6.07, 6.45) is 6.00. The van der Waals surface area contributed by atoms with Crippen molar-refractivity contribution in [2.45, 2.75) is 38.1 Å². The van der Waals surface area contributed by atoms with E-state index in [-0.39, 0.29) is 17.9 Å². The molecule has 1 atom stereocenters. The van der Waals surface area contributed by atoms with Crippen LogP contribution < -0.4 is 15.8 Å². The molecule has 32 heavy (non-hydrogen) atoms. The van der Waals surface area contributed by atoms with Crippen LogP contribution in [0.3, 0.4) is 0 Å². The first-order chi connectivity index (χ1) is 15.6. The van der Waals surface area contributed by atoms with E-state index in [1.54, 1.807) is 0 Å². The molecule has 166 valence electrons. The zero-order valence-corrected chi connectivity index (χ0v) is 18.3. The third-order valence-corrected chi connectivity index (χ3v) is 6.57. The Balaban J connectivity index is 1.59. The van der Waals surface area contributed by atoms with Gasteiger partial charge in [0.1, 0.15) is 0 Å². The fraction of sp³-hybridized carbons (Fsp3) is 0.333. The number of carbonyl (C=O) groups excluding carboxylic acids is 1. The highest BCUT2D eigenvalue weighted by molar-refractivity contribution is 5.79. The van der Waals surface area contributed by atoms with Gasteiger partial charge in [0, 0.05) is 23.6 Å². The summed E-state index contributed by atoms with van der Waals surface area (Å²) in [6.45, 7) is 0.701. The summed E-state index contributed by atoms with van der Waals surface area (Å²) in [7, 11) is 0. The zero-order chi connectivity index (χ0) is 22.3. The molecule has 5 nitrogen and oxygen atoms in total. The Morgan fingerprint density at radius 3 is 2.31 bits per heavy atom. The van der Waals surface area contributed by atoms with E-state index in [9.17, 15) is 10.0 Å². The van der Waals surface area contributed by atoms with Gasteiger partial charge in [-0.1, -0.05) is 48.5 Å². The van der Waals surface area contributed by atoms with Crippen molar-refractivity contribution in [1.82, 2.24) is 5.32 Å². The van der Waals surface area contributed by atoms with E-state index in [2.05, 4.69) is 17.4 Å². The summed E-state index contributed by atoms with van der Waals surface area (Å²) in [6, 6.07) is 23.3. The number of nitrogens with one attached hydrogen (secondary N) is 1. The van der Waals surface area contributed by atoms with Gasteiger partial charge in [0.25, 0.3) is 0 Å². The summed E-state index contributed by atoms with van der Waals surface area (Å²) in [5.74, 6) is 0.661. The Bertz CT molecular complexity index is 1020. The maximum atomic E-state index is 13.2. The minimum atomic E-state index is -0.208. The van der Waals surface area contributed by atoms with Crippen LogP contribution in [0.25, 0.3) is 11.3 Å². The highest BCUT2D eigenvalue weighted by atomic mass is 16.5. The van der Waals surface area contributed by atoms with E-state index in [1.165, 1.54) is 6.20 Å². The van der Waals surface area contributed by atoms with E-state index in [0.717, 1.165) is 47.1 Å². The van der Waals surface area contributed by atoms with Gasteiger partial charge in [-0.15, -0.1) is 0 Å². The number of amides is 1. The summed E-state index contributed by atoms with van der Waals surface area (Å²) in [4.78, 5) is 13.2. The summed E-state index contributed by atoms with van der Waals surface area (Å²) >= 11 is 0. The number of hydrogen-bond acceptors (Lipinski definition) is 3. The smallest absolute Gasteiger partial charge is 0.224 e. The molecule has 0 aliphatic heterocycles. The molecule has 0 radical (unpaired) electrons. The van der Waals surface area contributed by atoms with Crippen LogP contribution in [0, 0.1) is 17.0 Å². The van der Waals surface area contributed by atoms with Crippen LogP contribution in [0.2, 0.25) is 0 Å². The molecule has 1 aromatic heterocycles. The average Bonchev–Trinajstić information content (AvgIpc) is 2.85. The Hall–Kier alpha value is -3.18. The molecule has 5 heteroatoms. The quantitative estimate of drug-likeness (QED) is 0.437. The fourth-order valence-corrected chi connectivity index (χ4v) is 4.59. The predicted octanol–water partition coefficient (Wildman–Crippen LogP) is 4.15. The monoisotopic (exact) mass is 429 g/mol. The van der Waals surface area contributed by atoms with E-state index in [1.807, 2.05) is 60.7 Å². The standard InChI is InChI=1S/C27H31N3O2/c28-19-21-11-13-23(14-12-21)27(31)29-25(17-20-7-3-1-4-8-20)24-15-16-30(32)26(18-24)22-9-5-2-6-10-22/h1-10,15-16,18,21,23,25H,11-14,17,19,28H2,(H,29,31). The van der Waals surface area contributed by atoms with Crippen LogP contribution in [0.15, 0.2) is 79.0 Å². The highest BCUT2D eigenvalue weighted by Gasteiger charge is 2.28. The molecule has 1 unspecified atom stereocenters. The molecule has 1 saturated carbocycles. The number of benzene rings is 2. The number of aromatic nitrogens is 1. The SMILES string of the molecule is NCC1CCC(C(=O)NC(Cc2ccccc2)c2cc[n+]([O-])c(-c3ccccc3)c2)CC1. The van der Waals surface area contributed by atoms with Gasteiger partial charge in [-0.25, -0.2) is 0 Å². The van der Waals surface area contributed by atoms with E-state index < -0.39 is 0 Å². The van der Waals surface area contributed by atoms with Gasteiger partial charge in [-0.3, -0.25) is 4.79 Å². The lowest BCUT2D eigenvalue weighted by Gasteiger charge is -2.29. The second-order valence-corrected chi connectivity index (χ2v) is 8.74. The van der Waals surface area contributed by atoms with Gasteiger partial charge in [-0.05, 0) is 67.8 Å². The number of hydrogen-bond donors (Lipinski definition) is 2. The van der Waals surface area contributed by atoms with Gasteiger partial charge < -0.3 is 16.3 Å². The van der Waals surface area contributed by atoms with Crippen molar-refractivity contribution in [3.05, 3.63) is 95.3 Å². The number of carbonyl (C=O) groups is 1. The van der Waals surface area contributed by atoms with Crippen molar-refractivity contribution in [3.8, 4) is 11.3 Å². The first-order valence-electron chi connectivity index (χ1n) is 11.5. The van der Waals surface area contributed by atoms with Gasteiger partial charge in [0.15, 0.2) is 6.20 Å². The van der Waals surface area contributed by atoms with Gasteiger partial charge in [0.2, 0.25) is 11.6 Å². The molecule has 1 heterocycles. The van der Waals surface area contributed by atoms with Crippen molar-refractivity contribution >= 4 is 5.91 Å². The Labute approximate surface area is 189 Å². The average molecular weight is 430 g/mol. The van der Waals surface area contributed by atoms with Crippen molar-refractivity contribution in [3.63, 3.8) is 0 Å². The third kappa shape index (κ3) is 5.35. The number of nitrogens with zero attached hydrogens (tertiary/aromatic N) is 1. The second kappa shape index (κ2) is 10.4. The largest absolute Gasteiger partial charge is 0.618 e.